The number of aliphatic hydroxyl groups is 2. The Balaban J connectivity index is 3.45. The highest BCUT2D eigenvalue weighted by Crippen LogP contribution is 2.18. The quantitative estimate of drug-likeness (QED) is 0.0321. The molecule has 0 aromatic carbocycles. The van der Waals surface area contributed by atoms with Crippen molar-refractivity contribution in [2.24, 2.45) is 0 Å². The Labute approximate surface area is 412 Å². The zero-order chi connectivity index (χ0) is 47.9. The first-order chi connectivity index (χ1) is 32.5. The van der Waals surface area contributed by atoms with Gasteiger partial charge in [0.2, 0.25) is 5.91 Å². The molecule has 3 N–H and O–H groups in total. The van der Waals surface area contributed by atoms with E-state index in [1.165, 1.54) is 231 Å². The first-order valence-electron chi connectivity index (χ1n) is 29.9. The number of carbonyl (C=O) groups excluding carboxylic acids is 2. The minimum atomic E-state index is -0.674. The van der Waals surface area contributed by atoms with Gasteiger partial charge in [-0.2, -0.15) is 0 Å². The highest BCUT2D eigenvalue weighted by Gasteiger charge is 2.20. The lowest BCUT2D eigenvalue weighted by atomic mass is 10.0. The van der Waals surface area contributed by atoms with E-state index in [0.29, 0.717) is 25.9 Å². The van der Waals surface area contributed by atoms with Crippen molar-refractivity contribution in [1.29, 1.82) is 0 Å². The fourth-order valence-electron chi connectivity index (χ4n) is 9.46. The van der Waals surface area contributed by atoms with Gasteiger partial charge in [0.05, 0.1) is 25.4 Å². The zero-order valence-corrected chi connectivity index (χ0v) is 44.7. The Hall–Kier alpha value is -1.40. The van der Waals surface area contributed by atoms with Gasteiger partial charge in [-0.1, -0.05) is 283 Å². The summed E-state index contributed by atoms with van der Waals surface area (Å²) in [4.78, 5) is 24.5. The molecule has 0 aromatic heterocycles. The van der Waals surface area contributed by atoms with Gasteiger partial charge in [0.1, 0.15) is 0 Å². The van der Waals surface area contributed by atoms with Crippen molar-refractivity contribution in [3.05, 3.63) is 12.2 Å². The highest BCUT2D eigenvalue weighted by atomic mass is 16.5. The molecule has 0 aliphatic heterocycles. The van der Waals surface area contributed by atoms with Gasteiger partial charge in [-0.3, -0.25) is 9.59 Å². The van der Waals surface area contributed by atoms with Gasteiger partial charge in [0, 0.05) is 12.8 Å². The second-order valence-electron chi connectivity index (χ2n) is 20.7. The van der Waals surface area contributed by atoms with Crippen LogP contribution in [0, 0.1) is 0 Å². The van der Waals surface area contributed by atoms with Crippen molar-refractivity contribution in [3.8, 4) is 0 Å². The fourth-order valence-corrected chi connectivity index (χ4v) is 9.46. The topological polar surface area (TPSA) is 95.9 Å². The maximum Gasteiger partial charge on any atom is 0.305 e. The minimum absolute atomic E-state index is 0.00626. The summed E-state index contributed by atoms with van der Waals surface area (Å²) < 4.78 is 5.47. The van der Waals surface area contributed by atoms with Gasteiger partial charge in [-0.25, -0.2) is 0 Å². The Bertz CT molecular complexity index is 986. The van der Waals surface area contributed by atoms with Crippen molar-refractivity contribution < 1.29 is 24.5 Å². The molecule has 6 nitrogen and oxygen atoms in total. The molecule has 0 heterocycles. The first-order valence-corrected chi connectivity index (χ1v) is 29.9. The molecule has 2 atom stereocenters. The van der Waals surface area contributed by atoms with Crippen LogP contribution in [0.5, 0.6) is 0 Å². The van der Waals surface area contributed by atoms with Gasteiger partial charge in [-0.15, -0.1) is 0 Å². The predicted octanol–water partition coefficient (Wildman–Crippen LogP) is 18.5. The number of aliphatic hydroxyl groups excluding tert-OH is 2. The molecule has 0 spiro atoms. The lowest BCUT2D eigenvalue weighted by Gasteiger charge is -2.22. The Kier molecular flexibility index (Phi) is 55.0. The molecule has 0 fully saturated rings. The Morgan fingerprint density at radius 2 is 0.712 bits per heavy atom. The number of unbranched alkanes of at least 4 members (excludes halogenated alkanes) is 43. The summed E-state index contributed by atoms with van der Waals surface area (Å²) in [5.41, 5.74) is 0. The lowest BCUT2D eigenvalue weighted by molar-refractivity contribution is -0.143. The molecule has 2 unspecified atom stereocenters. The van der Waals surface area contributed by atoms with E-state index in [1.807, 2.05) is 0 Å². The van der Waals surface area contributed by atoms with Crippen LogP contribution in [0.4, 0.5) is 0 Å². The molecule has 66 heavy (non-hydrogen) atoms. The number of rotatable bonds is 56. The maximum absolute atomic E-state index is 12.5. The summed E-state index contributed by atoms with van der Waals surface area (Å²) in [5.74, 6) is -0.0531. The standard InChI is InChI=1S/C60H117NO5/c1-3-5-7-9-11-13-15-17-19-20-21-22-25-28-32-36-40-44-48-52-58(63)57(56-62)61-59(64)53-49-45-41-37-33-29-26-23-27-31-35-39-43-47-51-55-66-60(65)54-50-46-42-38-34-30-24-18-16-14-12-10-8-6-4-2/h27,31,57-58,62-63H,3-26,28-30,32-56H2,1-2H3,(H,61,64)/b31-27-. The number of nitrogens with one attached hydrogen (secondary N) is 1. The van der Waals surface area contributed by atoms with Crippen LogP contribution in [0.1, 0.15) is 335 Å². The molecule has 0 aliphatic carbocycles. The van der Waals surface area contributed by atoms with E-state index in [9.17, 15) is 19.8 Å². The molecule has 0 aromatic rings. The zero-order valence-electron chi connectivity index (χ0n) is 44.7. The SMILES string of the molecule is CCCCCCCCCCCCCCCCCCCCCC(O)C(CO)NC(=O)CCCCCCCCC/C=C\CCCCCCOC(=O)CCCCCCCCCCCCCCCCC. The summed E-state index contributed by atoms with van der Waals surface area (Å²) in [5, 5.41) is 23.3. The van der Waals surface area contributed by atoms with Crippen LogP contribution in [0.2, 0.25) is 0 Å². The van der Waals surface area contributed by atoms with Crippen molar-refractivity contribution in [2.75, 3.05) is 13.2 Å². The van der Waals surface area contributed by atoms with E-state index in [1.54, 1.807) is 0 Å². The Morgan fingerprint density at radius 1 is 0.409 bits per heavy atom. The van der Waals surface area contributed by atoms with Crippen LogP contribution in [0.3, 0.4) is 0 Å². The highest BCUT2D eigenvalue weighted by molar-refractivity contribution is 5.76. The van der Waals surface area contributed by atoms with Crippen molar-refractivity contribution in [3.63, 3.8) is 0 Å². The normalized spacial score (nSPS) is 12.6. The molecule has 0 rings (SSSR count). The van der Waals surface area contributed by atoms with Crippen LogP contribution in [-0.4, -0.2) is 47.4 Å². The summed E-state index contributed by atoms with van der Waals surface area (Å²) in [7, 11) is 0. The molecule has 0 saturated carbocycles. The number of carbonyl (C=O) groups is 2. The van der Waals surface area contributed by atoms with Crippen molar-refractivity contribution in [2.45, 2.75) is 347 Å². The number of amides is 1. The lowest BCUT2D eigenvalue weighted by Crippen LogP contribution is -2.45. The van der Waals surface area contributed by atoms with E-state index in [-0.39, 0.29) is 18.5 Å². The third kappa shape index (κ3) is 52.0. The van der Waals surface area contributed by atoms with Crippen LogP contribution in [0.15, 0.2) is 12.2 Å². The summed E-state index contributed by atoms with van der Waals surface area (Å²) in [6, 6.07) is -0.552. The number of esters is 1. The number of allylic oxidation sites excluding steroid dienone is 2. The van der Waals surface area contributed by atoms with Crippen molar-refractivity contribution >= 4 is 11.9 Å². The predicted molar refractivity (Wildman–Crippen MR) is 287 cm³/mol. The maximum atomic E-state index is 12.5. The third-order valence-corrected chi connectivity index (χ3v) is 14.1. The van der Waals surface area contributed by atoms with Crippen LogP contribution in [-0.2, 0) is 14.3 Å². The van der Waals surface area contributed by atoms with Gasteiger partial charge in [-0.05, 0) is 51.4 Å². The van der Waals surface area contributed by atoms with Gasteiger partial charge < -0.3 is 20.3 Å². The summed E-state index contributed by atoms with van der Waals surface area (Å²) in [6.45, 7) is 4.95. The monoisotopic (exact) mass is 932 g/mol. The number of ether oxygens (including phenoxy) is 1. The second kappa shape index (κ2) is 56.2. The van der Waals surface area contributed by atoms with Crippen molar-refractivity contribution in [1.82, 2.24) is 5.32 Å². The van der Waals surface area contributed by atoms with Crippen LogP contribution in [0.25, 0.3) is 0 Å². The molecule has 0 bridgehead atoms. The van der Waals surface area contributed by atoms with Gasteiger partial charge >= 0.3 is 5.97 Å². The van der Waals surface area contributed by atoms with E-state index in [2.05, 4.69) is 31.3 Å². The van der Waals surface area contributed by atoms with E-state index in [0.717, 1.165) is 70.6 Å². The largest absolute Gasteiger partial charge is 0.466 e. The molecular weight excluding hydrogens is 815 g/mol. The molecule has 1 amide bonds. The van der Waals surface area contributed by atoms with E-state index in [4.69, 9.17) is 4.74 Å². The average molecular weight is 933 g/mol. The Morgan fingerprint density at radius 3 is 1.08 bits per heavy atom. The van der Waals surface area contributed by atoms with E-state index >= 15 is 0 Å². The molecular formula is C60H117NO5. The number of hydrogen-bond acceptors (Lipinski definition) is 5. The third-order valence-electron chi connectivity index (χ3n) is 14.1. The first kappa shape index (κ1) is 64.6. The summed E-state index contributed by atoms with van der Waals surface area (Å²) in [6.07, 6.45) is 66.3. The molecule has 0 aliphatic rings. The van der Waals surface area contributed by atoms with Crippen LogP contribution >= 0.6 is 0 Å². The molecule has 0 saturated heterocycles. The minimum Gasteiger partial charge on any atom is -0.466 e. The number of hydrogen-bond donors (Lipinski definition) is 3. The smallest absolute Gasteiger partial charge is 0.305 e. The van der Waals surface area contributed by atoms with Gasteiger partial charge in [0.15, 0.2) is 0 Å². The summed E-state index contributed by atoms with van der Waals surface area (Å²) >= 11 is 0. The second-order valence-corrected chi connectivity index (χ2v) is 20.7. The molecule has 6 heteroatoms. The van der Waals surface area contributed by atoms with E-state index < -0.39 is 12.1 Å². The average Bonchev–Trinajstić information content (AvgIpc) is 3.32. The molecule has 392 valence electrons. The molecule has 0 radical (unpaired) electrons. The van der Waals surface area contributed by atoms with Crippen LogP contribution < -0.4 is 5.32 Å². The fraction of sp³-hybridized carbons (Fsp3) is 0.933. The van der Waals surface area contributed by atoms with Gasteiger partial charge in [0.25, 0.3) is 0 Å².